The summed E-state index contributed by atoms with van der Waals surface area (Å²) < 4.78 is 16.9. The molecule has 0 N–H and O–H groups in total. The number of allylic oxidation sites excluding steroid dienone is 14. The molecular weight excluding hydrogens is 925 g/mol. The Morgan fingerprint density at radius 3 is 0.867 bits per heavy atom. The van der Waals surface area contributed by atoms with Crippen LogP contribution in [0.2, 0.25) is 0 Å². The zero-order chi connectivity index (χ0) is 54.3. The summed E-state index contributed by atoms with van der Waals surface area (Å²) in [6.07, 6.45) is 83.1. The maximum atomic E-state index is 12.9. The first-order valence-electron chi connectivity index (χ1n) is 32.1. The van der Waals surface area contributed by atoms with Crippen LogP contribution in [0, 0.1) is 0 Å². The zero-order valence-electron chi connectivity index (χ0n) is 49.6. The summed E-state index contributed by atoms with van der Waals surface area (Å²) in [7, 11) is 0. The minimum Gasteiger partial charge on any atom is -0.462 e. The maximum absolute atomic E-state index is 12.9. The molecule has 0 bridgehead atoms. The van der Waals surface area contributed by atoms with Crippen LogP contribution in [-0.4, -0.2) is 37.2 Å². The fourth-order valence-corrected chi connectivity index (χ4v) is 9.10. The second-order valence-corrected chi connectivity index (χ2v) is 21.3. The molecule has 0 saturated heterocycles. The number of carbonyl (C=O) groups is 3. The Bertz CT molecular complexity index is 1430. The van der Waals surface area contributed by atoms with Crippen LogP contribution in [0.25, 0.3) is 0 Å². The quantitative estimate of drug-likeness (QED) is 0.0261. The van der Waals surface area contributed by atoms with Gasteiger partial charge in [-0.05, 0) is 89.9 Å². The molecule has 0 aliphatic carbocycles. The molecule has 1 unspecified atom stereocenters. The van der Waals surface area contributed by atoms with Gasteiger partial charge >= 0.3 is 17.9 Å². The third-order valence-electron chi connectivity index (χ3n) is 13.9. The molecule has 0 spiro atoms. The van der Waals surface area contributed by atoms with Crippen molar-refractivity contribution < 1.29 is 28.6 Å². The third kappa shape index (κ3) is 61.3. The first-order chi connectivity index (χ1) is 37.0. The first-order valence-corrected chi connectivity index (χ1v) is 32.1. The van der Waals surface area contributed by atoms with Crippen LogP contribution in [0.15, 0.2) is 85.1 Å². The molecule has 0 aromatic carbocycles. The van der Waals surface area contributed by atoms with E-state index in [1.165, 1.54) is 135 Å². The molecule has 0 saturated carbocycles. The maximum Gasteiger partial charge on any atom is 0.306 e. The van der Waals surface area contributed by atoms with E-state index in [0.29, 0.717) is 19.3 Å². The molecule has 6 heteroatoms. The Kier molecular flexibility index (Phi) is 60.3. The predicted molar refractivity (Wildman–Crippen MR) is 325 cm³/mol. The van der Waals surface area contributed by atoms with Crippen molar-refractivity contribution in [3.8, 4) is 0 Å². The third-order valence-corrected chi connectivity index (χ3v) is 13.9. The van der Waals surface area contributed by atoms with Gasteiger partial charge in [0.25, 0.3) is 0 Å². The standard InChI is InChI=1S/C69H120O6/c1-4-7-10-13-16-19-22-25-27-29-31-33-34-36-37-39-41-44-47-50-53-56-59-62-68(71)74-65-66(64-73-67(70)61-58-55-52-49-46-43-24-21-18-15-12-9-6-3)75-69(72)63-60-57-54-51-48-45-42-40-38-35-32-30-28-26-23-20-17-14-11-8-5-2/h8,11-12,15,17,20-21,24,26,28,32,35,40,42,66H,4-7,9-10,13-14,16,18-19,22-23,25,27,29-31,33-34,36-39,41,43-65H2,1-3H3/b11-8-,15-12-,20-17-,24-21-,28-26-,35-32-,42-40-. The average molecular weight is 1050 g/mol. The predicted octanol–water partition coefficient (Wildman–Crippen LogP) is 21.9. The van der Waals surface area contributed by atoms with Crippen LogP contribution < -0.4 is 0 Å². The average Bonchev–Trinajstić information content (AvgIpc) is 3.41. The van der Waals surface area contributed by atoms with Gasteiger partial charge in [-0.3, -0.25) is 14.4 Å². The lowest BCUT2D eigenvalue weighted by Crippen LogP contribution is -2.30. The van der Waals surface area contributed by atoms with Crippen molar-refractivity contribution in [1.82, 2.24) is 0 Å². The molecule has 0 aliphatic heterocycles. The minimum absolute atomic E-state index is 0.0868. The van der Waals surface area contributed by atoms with Crippen LogP contribution in [0.1, 0.15) is 316 Å². The Balaban J connectivity index is 4.34. The molecule has 432 valence electrons. The molecule has 0 aliphatic rings. The number of rotatable bonds is 58. The largest absolute Gasteiger partial charge is 0.462 e. The molecule has 75 heavy (non-hydrogen) atoms. The Labute approximate surface area is 465 Å². The van der Waals surface area contributed by atoms with E-state index in [0.717, 1.165) is 141 Å². The molecule has 0 amide bonds. The van der Waals surface area contributed by atoms with Crippen LogP contribution in [0.3, 0.4) is 0 Å². The monoisotopic (exact) mass is 1040 g/mol. The van der Waals surface area contributed by atoms with Crippen molar-refractivity contribution in [2.45, 2.75) is 322 Å². The Morgan fingerprint density at radius 2 is 0.547 bits per heavy atom. The SMILES string of the molecule is CC/C=C\C/C=C\C/C=C\C/C=C\C/C=C\CCCCCCCC(=O)OC(COC(=O)CCCCCCC/C=C\C/C=C\CCC)COC(=O)CCCCCCCCCCCCCCCCCCCCCCCCC. The lowest BCUT2D eigenvalue weighted by atomic mass is 10.0. The van der Waals surface area contributed by atoms with E-state index in [-0.39, 0.29) is 31.1 Å². The van der Waals surface area contributed by atoms with Crippen LogP contribution in [0.5, 0.6) is 0 Å². The summed E-state index contributed by atoms with van der Waals surface area (Å²) in [6, 6.07) is 0. The molecule has 0 aromatic heterocycles. The van der Waals surface area contributed by atoms with Gasteiger partial charge in [-0.2, -0.15) is 0 Å². The van der Waals surface area contributed by atoms with E-state index in [2.05, 4.69) is 106 Å². The lowest BCUT2D eigenvalue weighted by Gasteiger charge is -2.18. The molecule has 0 rings (SSSR count). The molecular formula is C69H120O6. The van der Waals surface area contributed by atoms with E-state index in [1.54, 1.807) is 0 Å². The van der Waals surface area contributed by atoms with Gasteiger partial charge in [0.1, 0.15) is 13.2 Å². The van der Waals surface area contributed by atoms with Gasteiger partial charge in [-0.1, -0.05) is 292 Å². The highest BCUT2D eigenvalue weighted by atomic mass is 16.6. The highest BCUT2D eigenvalue weighted by Gasteiger charge is 2.19. The molecule has 0 radical (unpaired) electrons. The fraction of sp³-hybridized carbons (Fsp3) is 0.754. The van der Waals surface area contributed by atoms with Crippen LogP contribution in [0.4, 0.5) is 0 Å². The summed E-state index contributed by atoms with van der Waals surface area (Å²) >= 11 is 0. The van der Waals surface area contributed by atoms with E-state index in [9.17, 15) is 14.4 Å². The smallest absolute Gasteiger partial charge is 0.306 e. The molecule has 0 fully saturated rings. The van der Waals surface area contributed by atoms with Gasteiger partial charge in [0.2, 0.25) is 0 Å². The van der Waals surface area contributed by atoms with Crippen molar-refractivity contribution >= 4 is 17.9 Å². The second-order valence-electron chi connectivity index (χ2n) is 21.3. The first kappa shape index (κ1) is 71.6. The molecule has 1 atom stereocenters. The summed E-state index contributed by atoms with van der Waals surface area (Å²) in [5, 5.41) is 0. The normalized spacial score (nSPS) is 12.6. The van der Waals surface area contributed by atoms with Gasteiger partial charge in [-0.15, -0.1) is 0 Å². The van der Waals surface area contributed by atoms with Gasteiger partial charge in [0, 0.05) is 19.3 Å². The summed E-state index contributed by atoms with van der Waals surface area (Å²) in [6.45, 7) is 6.47. The minimum atomic E-state index is -0.793. The highest BCUT2D eigenvalue weighted by molar-refractivity contribution is 5.71. The summed E-state index contributed by atoms with van der Waals surface area (Å²) in [5.74, 6) is -0.908. The summed E-state index contributed by atoms with van der Waals surface area (Å²) in [5.41, 5.74) is 0. The van der Waals surface area contributed by atoms with E-state index in [4.69, 9.17) is 14.2 Å². The van der Waals surface area contributed by atoms with Crippen LogP contribution >= 0.6 is 0 Å². The Morgan fingerprint density at radius 1 is 0.280 bits per heavy atom. The van der Waals surface area contributed by atoms with E-state index in [1.807, 2.05) is 0 Å². The summed E-state index contributed by atoms with van der Waals surface area (Å²) in [4.78, 5) is 38.3. The van der Waals surface area contributed by atoms with Gasteiger partial charge < -0.3 is 14.2 Å². The van der Waals surface area contributed by atoms with E-state index >= 15 is 0 Å². The molecule has 0 aromatic rings. The zero-order valence-corrected chi connectivity index (χ0v) is 49.6. The second kappa shape index (κ2) is 63.1. The number of hydrogen-bond donors (Lipinski definition) is 0. The lowest BCUT2D eigenvalue weighted by molar-refractivity contribution is -0.167. The number of esters is 3. The van der Waals surface area contributed by atoms with E-state index < -0.39 is 6.10 Å². The van der Waals surface area contributed by atoms with Crippen molar-refractivity contribution in [3.63, 3.8) is 0 Å². The Hall–Kier alpha value is -3.41. The highest BCUT2D eigenvalue weighted by Crippen LogP contribution is 2.17. The van der Waals surface area contributed by atoms with Crippen molar-refractivity contribution in [2.24, 2.45) is 0 Å². The fourth-order valence-electron chi connectivity index (χ4n) is 9.10. The van der Waals surface area contributed by atoms with Crippen LogP contribution in [-0.2, 0) is 28.6 Å². The number of hydrogen-bond acceptors (Lipinski definition) is 6. The molecule has 6 nitrogen and oxygen atoms in total. The number of ether oxygens (including phenoxy) is 3. The van der Waals surface area contributed by atoms with Crippen molar-refractivity contribution in [1.29, 1.82) is 0 Å². The van der Waals surface area contributed by atoms with Gasteiger partial charge in [-0.25, -0.2) is 0 Å². The van der Waals surface area contributed by atoms with Crippen molar-refractivity contribution in [2.75, 3.05) is 13.2 Å². The van der Waals surface area contributed by atoms with Crippen molar-refractivity contribution in [3.05, 3.63) is 85.1 Å². The number of carbonyl (C=O) groups excluding carboxylic acids is 3. The molecule has 0 heterocycles. The number of unbranched alkanes of at least 4 members (excludes halogenated alkanes) is 33. The van der Waals surface area contributed by atoms with Gasteiger partial charge in [0.15, 0.2) is 6.10 Å². The van der Waals surface area contributed by atoms with Gasteiger partial charge in [0.05, 0.1) is 0 Å². The topological polar surface area (TPSA) is 78.9 Å².